The Morgan fingerprint density at radius 1 is 1.50 bits per heavy atom. The van der Waals surface area contributed by atoms with E-state index in [2.05, 4.69) is 0 Å². The molecule has 4 nitrogen and oxygen atoms in total. The van der Waals surface area contributed by atoms with Crippen molar-refractivity contribution in [1.29, 1.82) is 0 Å². The Balaban J connectivity index is 3.17. The van der Waals surface area contributed by atoms with Crippen LogP contribution in [0.15, 0.2) is 12.1 Å². The third-order valence-corrected chi connectivity index (χ3v) is 3.05. The molecule has 0 saturated heterocycles. The molecule has 0 fully saturated rings. The quantitative estimate of drug-likeness (QED) is 0.863. The van der Waals surface area contributed by atoms with Crippen LogP contribution >= 0.6 is 11.6 Å². The van der Waals surface area contributed by atoms with E-state index in [0.29, 0.717) is 16.7 Å². The van der Waals surface area contributed by atoms with Gasteiger partial charge in [0.25, 0.3) is 0 Å². The third-order valence-electron chi connectivity index (χ3n) is 2.77. The smallest absolute Gasteiger partial charge is 0.320 e. The van der Waals surface area contributed by atoms with Crippen LogP contribution in [0.3, 0.4) is 0 Å². The van der Waals surface area contributed by atoms with Crippen molar-refractivity contribution in [2.24, 2.45) is 5.73 Å². The van der Waals surface area contributed by atoms with Gasteiger partial charge in [0.1, 0.15) is 11.8 Å². The number of nitrogens with two attached hydrogens (primary N) is 1. The second-order valence-corrected chi connectivity index (χ2v) is 4.91. The van der Waals surface area contributed by atoms with Gasteiger partial charge in [0.15, 0.2) is 0 Å². The minimum Gasteiger partial charge on any atom is -0.495 e. The number of methoxy groups -OCH3 is 1. The molecule has 0 aromatic heterocycles. The van der Waals surface area contributed by atoms with E-state index in [-0.39, 0.29) is 6.42 Å². The number of benzene rings is 1. The van der Waals surface area contributed by atoms with Gasteiger partial charge in [0.2, 0.25) is 0 Å². The zero-order chi connectivity index (χ0) is 13.9. The molecule has 18 heavy (non-hydrogen) atoms. The Kier molecular flexibility index (Phi) is 4.99. The van der Waals surface area contributed by atoms with Gasteiger partial charge in [-0.3, -0.25) is 4.79 Å². The molecule has 0 spiro atoms. The Bertz CT molecular complexity index is 446. The summed E-state index contributed by atoms with van der Waals surface area (Å²) in [6.45, 7) is 4.08. The fraction of sp³-hybridized carbons (Fsp3) is 0.462. The fourth-order valence-electron chi connectivity index (χ4n) is 1.71. The molecule has 0 aliphatic carbocycles. The molecular formula is C13H18ClNO3. The van der Waals surface area contributed by atoms with Gasteiger partial charge in [0, 0.05) is 6.42 Å². The number of rotatable bonds is 5. The lowest BCUT2D eigenvalue weighted by atomic mass is 9.97. The highest BCUT2D eigenvalue weighted by atomic mass is 35.5. The van der Waals surface area contributed by atoms with Gasteiger partial charge in [-0.25, -0.2) is 0 Å². The number of aliphatic carboxylic acids is 1. The minimum absolute atomic E-state index is 0.193. The molecule has 0 heterocycles. The lowest BCUT2D eigenvalue weighted by Gasteiger charge is -2.16. The number of carbonyl (C=O) groups is 1. The van der Waals surface area contributed by atoms with Crippen LogP contribution < -0.4 is 10.5 Å². The van der Waals surface area contributed by atoms with E-state index in [1.54, 1.807) is 0 Å². The summed E-state index contributed by atoms with van der Waals surface area (Å²) in [7, 11) is 1.51. The van der Waals surface area contributed by atoms with Crippen LogP contribution in [0.2, 0.25) is 5.02 Å². The van der Waals surface area contributed by atoms with Crippen molar-refractivity contribution in [2.45, 2.75) is 32.2 Å². The topological polar surface area (TPSA) is 72.5 Å². The molecule has 0 aliphatic heterocycles. The summed E-state index contributed by atoms with van der Waals surface area (Å²) in [4.78, 5) is 10.8. The van der Waals surface area contributed by atoms with Crippen LogP contribution in [-0.4, -0.2) is 24.2 Å². The highest BCUT2D eigenvalue weighted by Crippen LogP contribution is 2.33. The molecule has 1 unspecified atom stereocenters. The first-order valence-electron chi connectivity index (χ1n) is 5.71. The lowest BCUT2D eigenvalue weighted by Crippen LogP contribution is -2.32. The SMILES string of the molecule is COc1c(Cl)cc(C(C)C)cc1CC(N)C(=O)O. The van der Waals surface area contributed by atoms with E-state index in [4.69, 9.17) is 27.2 Å². The van der Waals surface area contributed by atoms with Crippen molar-refractivity contribution in [1.82, 2.24) is 0 Å². The summed E-state index contributed by atoms with van der Waals surface area (Å²) in [5.41, 5.74) is 7.31. The van der Waals surface area contributed by atoms with Gasteiger partial charge in [-0.05, 0) is 23.1 Å². The van der Waals surface area contributed by atoms with E-state index >= 15 is 0 Å². The molecule has 1 rings (SSSR count). The average Bonchev–Trinajstić information content (AvgIpc) is 2.28. The van der Waals surface area contributed by atoms with Crippen LogP contribution in [0.4, 0.5) is 0 Å². The molecule has 0 bridgehead atoms. The molecule has 0 amide bonds. The normalized spacial score (nSPS) is 12.6. The third kappa shape index (κ3) is 3.37. The number of hydrogen-bond donors (Lipinski definition) is 2. The maximum absolute atomic E-state index is 10.8. The maximum Gasteiger partial charge on any atom is 0.320 e. The van der Waals surface area contributed by atoms with Crippen molar-refractivity contribution in [2.75, 3.05) is 7.11 Å². The molecular weight excluding hydrogens is 254 g/mol. The zero-order valence-electron chi connectivity index (χ0n) is 10.7. The van der Waals surface area contributed by atoms with E-state index in [0.717, 1.165) is 11.1 Å². The largest absolute Gasteiger partial charge is 0.495 e. The summed E-state index contributed by atoms with van der Waals surface area (Å²) in [5.74, 6) is -0.242. The van der Waals surface area contributed by atoms with E-state index in [1.807, 2.05) is 26.0 Å². The molecule has 0 aliphatic rings. The second kappa shape index (κ2) is 6.07. The average molecular weight is 272 g/mol. The monoisotopic (exact) mass is 271 g/mol. The number of hydrogen-bond acceptors (Lipinski definition) is 3. The van der Waals surface area contributed by atoms with Crippen molar-refractivity contribution < 1.29 is 14.6 Å². The molecule has 1 atom stereocenters. The molecule has 1 aromatic rings. The standard InChI is InChI=1S/C13H18ClNO3/c1-7(2)8-4-9(6-11(15)13(16)17)12(18-3)10(14)5-8/h4-5,7,11H,6,15H2,1-3H3,(H,16,17). The van der Waals surface area contributed by atoms with E-state index in [1.165, 1.54) is 7.11 Å². The van der Waals surface area contributed by atoms with Gasteiger partial charge in [0.05, 0.1) is 12.1 Å². The minimum atomic E-state index is -1.04. The number of carboxylic acids is 1. The first-order chi connectivity index (χ1) is 8.36. The van der Waals surface area contributed by atoms with Crippen LogP contribution in [0.25, 0.3) is 0 Å². The fourth-order valence-corrected chi connectivity index (χ4v) is 2.04. The molecule has 3 N–H and O–H groups in total. The summed E-state index contributed by atoms with van der Waals surface area (Å²) in [5, 5.41) is 9.34. The van der Waals surface area contributed by atoms with Crippen molar-refractivity contribution >= 4 is 17.6 Å². The lowest BCUT2D eigenvalue weighted by molar-refractivity contribution is -0.138. The van der Waals surface area contributed by atoms with E-state index in [9.17, 15) is 4.79 Å². The number of ether oxygens (including phenoxy) is 1. The highest BCUT2D eigenvalue weighted by molar-refractivity contribution is 6.32. The van der Waals surface area contributed by atoms with Crippen LogP contribution in [0, 0.1) is 0 Å². The maximum atomic E-state index is 10.8. The number of carboxylic acid groups (broad SMARTS) is 1. The van der Waals surface area contributed by atoms with E-state index < -0.39 is 12.0 Å². The van der Waals surface area contributed by atoms with Gasteiger partial charge < -0.3 is 15.6 Å². The predicted molar refractivity (Wildman–Crippen MR) is 71.4 cm³/mol. The first kappa shape index (κ1) is 14.8. The molecule has 0 radical (unpaired) electrons. The Morgan fingerprint density at radius 2 is 2.11 bits per heavy atom. The summed E-state index contributed by atoms with van der Waals surface area (Å²) in [6.07, 6.45) is 0.193. The number of halogens is 1. The van der Waals surface area contributed by atoms with Gasteiger partial charge in [-0.15, -0.1) is 0 Å². The molecule has 100 valence electrons. The van der Waals surface area contributed by atoms with Crippen LogP contribution in [-0.2, 0) is 11.2 Å². The highest BCUT2D eigenvalue weighted by Gasteiger charge is 2.18. The van der Waals surface area contributed by atoms with Crippen molar-refractivity contribution in [3.8, 4) is 5.75 Å². The zero-order valence-corrected chi connectivity index (χ0v) is 11.5. The Morgan fingerprint density at radius 3 is 2.56 bits per heavy atom. The van der Waals surface area contributed by atoms with Crippen LogP contribution in [0.5, 0.6) is 5.75 Å². The predicted octanol–water partition coefficient (Wildman–Crippen LogP) is 2.43. The first-order valence-corrected chi connectivity index (χ1v) is 6.09. The van der Waals surface area contributed by atoms with Crippen molar-refractivity contribution in [3.05, 3.63) is 28.3 Å². The summed E-state index contributed by atoms with van der Waals surface area (Å²) < 4.78 is 5.21. The Hall–Kier alpha value is -1.26. The summed E-state index contributed by atoms with van der Waals surface area (Å²) in [6, 6.07) is 2.77. The molecule has 1 aromatic carbocycles. The van der Waals surface area contributed by atoms with Crippen molar-refractivity contribution in [3.63, 3.8) is 0 Å². The molecule has 5 heteroatoms. The van der Waals surface area contributed by atoms with Gasteiger partial charge in [-0.1, -0.05) is 31.5 Å². The Labute approximate surface area is 112 Å². The molecule has 0 saturated carbocycles. The summed E-state index contributed by atoms with van der Waals surface area (Å²) >= 11 is 6.13. The van der Waals surface area contributed by atoms with Crippen LogP contribution in [0.1, 0.15) is 30.9 Å². The van der Waals surface area contributed by atoms with Gasteiger partial charge >= 0.3 is 5.97 Å². The second-order valence-electron chi connectivity index (χ2n) is 4.50. The van der Waals surface area contributed by atoms with Gasteiger partial charge in [-0.2, -0.15) is 0 Å².